The summed E-state index contributed by atoms with van der Waals surface area (Å²) in [6, 6.07) is 8.68. The fraction of sp³-hybridized carbons (Fsp3) is 0.600. The number of benzene rings is 1. The van der Waals surface area contributed by atoms with E-state index in [-0.39, 0.29) is 0 Å². The highest BCUT2D eigenvalue weighted by atomic mass is 14.9. The maximum Gasteiger partial charge on any atom is 0.0372 e. The number of hydrogen-bond acceptors (Lipinski definition) is 1. The summed E-state index contributed by atoms with van der Waals surface area (Å²) in [6.45, 7) is 7.89. The molecule has 0 aromatic heterocycles. The smallest absolute Gasteiger partial charge is 0.0372 e. The van der Waals surface area contributed by atoms with Gasteiger partial charge in [0.05, 0.1) is 0 Å². The summed E-state index contributed by atoms with van der Waals surface area (Å²) in [5.41, 5.74) is 2.78. The van der Waals surface area contributed by atoms with Crippen molar-refractivity contribution in [1.29, 1.82) is 0 Å². The van der Waals surface area contributed by atoms with Crippen LogP contribution in [0.5, 0.6) is 0 Å². The van der Waals surface area contributed by atoms with Crippen molar-refractivity contribution in [2.45, 2.75) is 46.5 Å². The van der Waals surface area contributed by atoms with E-state index in [0.717, 1.165) is 12.5 Å². The molecule has 0 spiro atoms. The molecule has 16 heavy (non-hydrogen) atoms. The molecule has 1 heteroatoms. The quantitative estimate of drug-likeness (QED) is 0.712. The molecule has 90 valence electrons. The van der Waals surface area contributed by atoms with Crippen LogP contribution >= 0.6 is 0 Å². The highest BCUT2D eigenvalue weighted by Gasteiger charge is 2.03. The molecule has 0 aliphatic carbocycles. The summed E-state index contributed by atoms with van der Waals surface area (Å²) in [7, 11) is 0. The topological polar surface area (TPSA) is 12.0 Å². The van der Waals surface area contributed by atoms with Gasteiger partial charge in [0, 0.05) is 12.2 Å². The van der Waals surface area contributed by atoms with Crippen molar-refractivity contribution in [2.75, 3.05) is 11.9 Å². The summed E-state index contributed by atoms with van der Waals surface area (Å²) < 4.78 is 0. The van der Waals surface area contributed by atoms with Gasteiger partial charge in [-0.15, -0.1) is 0 Å². The number of aryl methyl sites for hydroxylation is 1. The molecule has 0 saturated carbocycles. The third-order valence-corrected chi connectivity index (χ3v) is 2.96. The first-order chi connectivity index (χ1) is 7.77. The normalized spacial score (nSPS) is 12.4. The Morgan fingerprint density at radius 2 is 1.88 bits per heavy atom. The van der Waals surface area contributed by atoms with Gasteiger partial charge in [0.1, 0.15) is 0 Å². The predicted molar refractivity (Wildman–Crippen MR) is 73.0 cm³/mol. The Balaban J connectivity index is 2.52. The second-order valence-electron chi connectivity index (χ2n) is 4.68. The fourth-order valence-electron chi connectivity index (χ4n) is 2.06. The van der Waals surface area contributed by atoms with E-state index in [4.69, 9.17) is 0 Å². The fourth-order valence-corrected chi connectivity index (χ4v) is 2.06. The molecule has 0 heterocycles. The molecule has 0 bridgehead atoms. The van der Waals surface area contributed by atoms with Crippen molar-refractivity contribution in [3.8, 4) is 0 Å². The molecular weight excluding hydrogens is 194 g/mol. The van der Waals surface area contributed by atoms with Crippen LogP contribution in [0, 0.1) is 5.92 Å². The molecule has 0 amide bonds. The van der Waals surface area contributed by atoms with Crippen LogP contribution in [-0.4, -0.2) is 6.54 Å². The van der Waals surface area contributed by atoms with Gasteiger partial charge in [-0.3, -0.25) is 0 Å². The molecular formula is C15H25N. The van der Waals surface area contributed by atoms with Crippen LogP contribution in [0.15, 0.2) is 24.3 Å². The zero-order valence-electron chi connectivity index (χ0n) is 10.9. The van der Waals surface area contributed by atoms with Crippen molar-refractivity contribution in [3.05, 3.63) is 29.8 Å². The van der Waals surface area contributed by atoms with E-state index in [2.05, 4.69) is 50.4 Å². The first kappa shape index (κ1) is 13.1. The summed E-state index contributed by atoms with van der Waals surface area (Å²) in [5, 5.41) is 3.58. The zero-order chi connectivity index (χ0) is 11.8. The van der Waals surface area contributed by atoms with Crippen molar-refractivity contribution < 1.29 is 0 Å². The lowest BCUT2D eigenvalue weighted by Crippen LogP contribution is -2.12. The molecule has 0 aliphatic heterocycles. The van der Waals surface area contributed by atoms with E-state index < -0.39 is 0 Å². The van der Waals surface area contributed by atoms with Gasteiger partial charge in [0.2, 0.25) is 0 Å². The molecule has 1 aromatic carbocycles. The highest BCUT2D eigenvalue weighted by Crippen LogP contribution is 2.17. The number of anilines is 1. The standard InChI is InChI=1S/C15H25N/c1-4-8-13(3)12-16-15-11-7-6-10-14(15)9-5-2/h6-7,10-11,13,16H,4-5,8-9,12H2,1-3H3. The van der Waals surface area contributed by atoms with Crippen LogP contribution in [0.25, 0.3) is 0 Å². The van der Waals surface area contributed by atoms with Gasteiger partial charge in [0.15, 0.2) is 0 Å². The minimum absolute atomic E-state index is 0.764. The first-order valence-corrected chi connectivity index (χ1v) is 6.59. The van der Waals surface area contributed by atoms with Crippen LogP contribution in [0.3, 0.4) is 0 Å². The maximum atomic E-state index is 3.58. The SMILES string of the molecule is CCCc1ccccc1NCC(C)CCC. The molecule has 0 saturated heterocycles. The van der Waals surface area contributed by atoms with Gasteiger partial charge in [-0.05, 0) is 30.4 Å². The summed E-state index contributed by atoms with van der Waals surface area (Å²) in [4.78, 5) is 0. The Morgan fingerprint density at radius 3 is 2.56 bits per heavy atom. The van der Waals surface area contributed by atoms with E-state index in [1.807, 2.05) is 0 Å². The van der Waals surface area contributed by atoms with Gasteiger partial charge in [-0.2, -0.15) is 0 Å². The number of para-hydroxylation sites is 1. The van der Waals surface area contributed by atoms with Gasteiger partial charge in [0.25, 0.3) is 0 Å². The minimum Gasteiger partial charge on any atom is -0.385 e. The largest absolute Gasteiger partial charge is 0.385 e. The molecule has 1 unspecified atom stereocenters. The second-order valence-corrected chi connectivity index (χ2v) is 4.68. The van der Waals surface area contributed by atoms with Crippen LogP contribution in [0.4, 0.5) is 5.69 Å². The molecule has 0 radical (unpaired) electrons. The average Bonchev–Trinajstić information content (AvgIpc) is 2.29. The lowest BCUT2D eigenvalue weighted by molar-refractivity contribution is 0.550. The summed E-state index contributed by atoms with van der Waals surface area (Å²) >= 11 is 0. The van der Waals surface area contributed by atoms with E-state index >= 15 is 0 Å². The third-order valence-electron chi connectivity index (χ3n) is 2.96. The van der Waals surface area contributed by atoms with Crippen LogP contribution in [0.1, 0.15) is 45.6 Å². The van der Waals surface area contributed by atoms with Crippen LogP contribution < -0.4 is 5.32 Å². The van der Waals surface area contributed by atoms with Gasteiger partial charge < -0.3 is 5.32 Å². The second kappa shape index (κ2) is 7.32. The number of hydrogen-bond donors (Lipinski definition) is 1. The van der Waals surface area contributed by atoms with E-state index in [9.17, 15) is 0 Å². The van der Waals surface area contributed by atoms with E-state index in [1.54, 1.807) is 0 Å². The Kier molecular flexibility index (Phi) is 5.99. The molecule has 1 N–H and O–H groups in total. The molecule has 1 rings (SSSR count). The molecule has 0 fully saturated rings. The molecule has 1 aromatic rings. The lowest BCUT2D eigenvalue weighted by Gasteiger charge is -2.15. The number of nitrogens with one attached hydrogen (secondary N) is 1. The van der Waals surface area contributed by atoms with Crippen molar-refractivity contribution in [3.63, 3.8) is 0 Å². The van der Waals surface area contributed by atoms with Gasteiger partial charge in [-0.1, -0.05) is 51.8 Å². The average molecular weight is 219 g/mol. The highest BCUT2D eigenvalue weighted by molar-refractivity contribution is 5.51. The molecule has 1 atom stereocenters. The van der Waals surface area contributed by atoms with Crippen molar-refractivity contribution >= 4 is 5.69 Å². The van der Waals surface area contributed by atoms with Crippen LogP contribution in [-0.2, 0) is 6.42 Å². The monoisotopic (exact) mass is 219 g/mol. The Morgan fingerprint density at radius 1 is 1.12 bits per heavy atom. The Hall–Kier alpha value is -0.980. The maximum absolute atomic E-state index is 3.58. The summed E-state index contributed by atoms with van der Waals surface area (Å²) in [5.74, 6) is 0.764. The molecule has 0 aliphatic rings. The first-order valence-electron chi connectivity index (χ1n) is 6.59. The molecule has 1 nitrogen and oxygen atoms in total. The van der Waals surface area contributed by atoms with Crippen molar-refractivity contribution in [2.24, 2.45) is 5.92 Å². The lowest BCUT2D eigenvalue weighted by atomic mass is 10.0. The Labute approximate surface area is 100 Å². The van der Waals surface area contributed by atoms with Gasteiger partial charge in [-0.25, -0.2) is 0 Å². The Bertz CT molecular complexity index is 293. The predicted octanol–water partition coefficient (Wildman–Crippen LogP) is 4.49. The van der Waals surface area contributed by atoms with Crippen LogP contribution in [0.2, 0.25) is 0 Å². The van der Waals surface area contributed by atoms with Gasteiger partial charge >= 0.3 is 0 Å². The number of rotatable bonds is 7. The third kappa shape index (κ3) is 4.26. The summed E-state index contributed by atoms with van der Waals surface area (Å²) in [6.07, 6.45) is 4.97. The van der Waals surface area contributed by atoms with Crippen molar-refractivity contribution in [1.82, 2.24) is 0 Å². The van der Waals surface area contributed by atoms with E-state index in [0.29, 0.717) is 0 Å². The zero-order valence-corrected chi connectivity index (χ0v) is 10.9. The van der Waals surface area contributed by atoms with E-state index in [1.165, 1.54) is 36.9 Å². The minimum atomic E-state index is 0.764.